The molecule has 1 amide bonds. The van der Waals surface area contributed by atoms with E-state index in [1.165, 1.54) is 36.5 Å². The molecule has 0 unspecified atom stereocenters. The number of hydrogen-bond acceptors (Lipinski definition) is 4. The van der Waals surface area contributed by atoms with Crippen molar-refractivity contribution >= 4 is 23.2 Å². The van der Waals surface area contributed by atoms with Gasteiger partial charge in [0.1, 0.15) is 22.4 Å². The van der Waals surface area contributed by atoms with Gasteiger partial charge in [-0.1, -0.05) is 17.7 Å². The number of rotatable bonds is 4. The Hall–Kier alpha value is -2.99. The molecule has 0 aliphatic heterocycles. The van der Waals surface area contributed by atoms with E-state index < -0.39 is 5.91 Å². The number of nitrogens with zero attached hydrogens (tertiary/aromatic N) is 2. The van der Waals surface area contributed by atoms with Crippen LogP contribution in [0.4, 0.5) is 10.1 Å². The Bertz CT molecular complexity index is 872. The van der Waals surface area contributed by atoms with Crippen LogP contribution in [0.25, 0.3) is 0 Å². The van der Waals surface area contributed by atoms with E-state index in [0.29, 0.717) is 11.4 Å². The summed E-state index contributed by atoms with van der Waals surface area (Å²) in [4.78, 5) is 20.2. The van der Waals surface area contributed by atoms with Gasteiger partial charge in [0.25, 0.3) is 5.91 Å². The zero-order valence-electron chi connectivity index (χ0n) is 12.2. The van der Waals surface area contributed by atoms with Crippen LogP contribution in [0.3, 0.4) is 0 Å². The van der Waals surface area contributed by atoms with Gasteiger partial charge in [-0.25, -0.2) is 14.4 Å². The Labute approximate surface area is 142 Å². The van der Waals surface area contributed by atoms with E-state index >= 15 is 0 Å². The van der Waals surface area contributed by atoms with Crippen molar-refractivity contribution in [1.82, 2.24) is 9.97 Å². The zero-order chi connectivity index (χ0) is 16.9. The summed E-state index contributed by atoms with van der Waals surface area (Å²) in [7, 11) is 0. The van der Waals surface area contributed by atoms with Gasteiger partial charge in [0.2, 0.25) is 5.88 Å². The normalized spacial score (nSPS) is 10.2. The topological polar surface area (TPSA) is 64.1 Å². The predicted octanol–water partition coefficient (Wildman–Crippen LogP) is 4.31. The van der Waals surface area contributed by atoms with Crippen molar-refractivity contribution in [3.63, 3.8) is 0 Å². The van der Waals surface area contributed by atoms with Gasteiger partial charge in [-0.3, -0.25) is 4.79 Å². The van der Waals surface area contributed by atoms with Crippen molar-refractivity contribution in [3.8, 4) is 11.6 Å². The Kier molecular flexibility index (Phi) is 4.67. The molecule has 0 saturated heterocycles. The summed E-state index contributed by atoms with van der Waals surface area (Å²) in [6, 6.07) is 13.4. The highest BCUT2D eigenvalue weighted by Gasteiger charge is 2.10. The lowest BCUT2D eigenvalue weighted by Crippen LogP contribution is -2.13. The number of nitrogens with one attached hydrogen (secondary N) is 1. The zero-order valence-corrected chi connectivity index (χ0v) is 13.0. The predicted molar refractivity (Wildman–Crippen MR) is 87.9 cm³/mol. The largest absolute Gasteiger partial charge is 0.439 e. The third-order valence-electron chi connectivity index (χ3n) is 2.98. The molecule has 1 N–H and O–H groups in total. The molecule has 2 heterocycles. The van der Waals surface area contributed by atoms with Gasteiger partial charge in [0.15, 0.2) is 0 Å². The fraction of sp³-hybridized carbons (Fsp3) is 0. The minimum Gasteiger partial charge on any atom is -0.439 e. The van der Waals surface area contributed by atoms with Gasteiger partial charge in [0, 0.05) is 24.0 Å². The maximum Gasteiger partial charge on any atom is 0.274 e. The Morgan fingerprint density at radius 2 is 1.92 bits per heavy atom. The van der Waals surface area contributed by atoms with Crippen molar-refractivity contribution in [2.24, 2.45) is 0 Å². The summed E-state index contributed by atoms with van der Waals surface area (Å²) in [5.41, 5.74) is 0.632. The van der Waals surface area contributed by atoms with E-state index in [1.54, 1.807) is 24.3 Å². The lowest BCUT2D eigenvalue weighted by molar-refractivity contribution is 0.102. The molecule has 24 heavy (non-hydrogen) atoms. The summed E-state index contributed by atoms with van der Waals surface area (Å²) < 4.78 is 18.4. The summed E-state index contributed by atoms with van der Waals surface area (Å²) in [5, 5.41) is 2.92. The van der Waals surface area contributed by atoms with Crippen LogP contribution in [0, 0.1) is 5.82 Å². The number of amides is 1. The number of aromatic nitrogens is 2. The van der Waals surface area contributed by atoms with E-state index in [1.807, 2.05) is 0 Å². The first-order valence-corrected chi connectivity index (χ1v) is 7.31. The molecule has 5 nitrogen and oxygen atoms in total. The standard InChI is InChI=1S/C17H11ClFN3O2/c18-15-10-13(8-9-20-15)24-16-3-1-2-14(22-16)17(23)21-12-6-4-11(19)5-7-12/h1-10H,(H,21,23). The molecule has 0 aliphatic carbocycles. The van der Waals surface area contributed by atoms with E-state index in [9.17, 15) is 9.18 Å². The minimum atomic E-state index is -0.431. The number of carbonyl (C=O) groups is 1. The fourth-order valence-electron chi connectivity index (χ4n) is 1.90. The number of hydrogen-bond donors (Lipinski definition) is 1. The maximum atomic E-state index is 12.9. The van der Waals surface area contributed by atoms with E-state index in [0.717, 1.165) is 0 Å². The van der Waals surface area contributed by atoms with Crippen molar-refractivity contribution in [2.75, 3.05) is 5.32 Å². The first-order valence-electron chi connectivity index (χ1n) is 6.93. The van der Waals surface area contributed by atoms with Crippen LogP contribution in [-0.2, 0) is 0 Å². The molecule has 120 valence electrons. The molecule has 2 aromatic heterocycles. The van der Waals surface area contributed by atoms with Crippen LogP contribution in [0.1, 0.15) is 10.5 Å². The van der Waals surface area contributed by atoms with Gasteiger partial charge in [-0.2, -0.15) is 0 Å². The number of ether oxygens (including phenoxy) is 1. The van der Waals surface area contributed by atoms with Crippen LogP contribution >= 0.6 is 11.6 Å². The second-order valence-electron chi connectivity index (χ2n) is 4.74. The number of benzene rings is 1. The highest BCUT2D eigenvalue weighted by atomic mass is 35.5. The second kappa shape index (κ2) is 7.06. The summed E-state index contributed by atoms with van der Waals surface area (Å²) in [5.74, 6) is -0.111. The fourth-order valence-corrected chi connectivity index (χ4v) is 2.06. The molecule has 0 atom stereocenters. The quantitative estimate of drug-likeness (QED) is 0.717. The molecule has 0 spiro atoms. The van der Waals surface area contributed by atoms with Gasteiger partial charge < -0.3 is 10.1 Å². The molecule has 3 rings (SSSR count). The van der Waals surface area contributed by atoms with Gasteiger partial charge in [-0.05, 0) is 36.4 Å². The highest BCUT2D eigenvalue weighted by molar-refractivity contribution is 6.29. The SMILES string of the molecule is O=C(Nc1ccc(F)cc1)c1cccc(Oc2ccnc(Cl)c2)n1. The van der Waals surface area contributed by atoms with E-state index in [-0.39, 0.29) is 22.5 Å². The number of anilines is 1. The summed E-state index contributed by atoms with van der Waals surface area (Å²) in [6.45, 7) is 0. The van der Waals surface area contributed by atoms with Crippen molar-refractivity contribution < 1.29 is 13.9 Å². The molecule has 0 radical (unpaired) electrons. The molecule has 0 bridgehead atoms. The van der Waals surface area contributed by atoms with Crippen LogP contribution in [0.5, 0.6) is 11.6 Å². The number of carbonyl (C=O) groups excluding carboxylic acids is 1. The van der Waals surface area contributed by atoms with E-state index in [2.05, 4.69) is 15.3 Å². The third-order valence-corrected chi connectivity index (χ3v) is 3.19. The Morgan fingerprint density at radius 3 is 2.67 bits per heavy atom. The molecule has 0 aliphatic rings. The molecular formula is C17H11ClFN3O2. The monoisotopic (exact) mass is 343 g/mol. The average Bonchev–Trinajstić information content (AvgIpc) is 2.57. The molecule has 0 fully saturated rings. The van der Waals surface area contributed by atoms with Crippen molar-refractivity contribution in [2.45, 2.75) is 0 Å². The van der Waals surface area contributed by atoms with Crippen LogP contribution < -0.4 is 10.1 Å². The Balaban J connectivity index is 1.74. The summed E-state index contributed by atoms with van der Waals surface area (Å²) in [6.07, 6.45) is 1.50. The van der Waals surface area contributed by atoms with Gasteiger partial charge >= 0.3 is 0 Å². The lowest BCUT2D eigenvalue weighted by atomic mass is 10.3. The van der Waals surface area contributed by atoms with Crippen LogP contribution in [0.15, 0.2) is 60.8 Å². The van der Waals surface area contributed by atoms with Crippen molar-refractivity contribution in [3.05, 3.63) is 77.5 Å². The highest BCUT2D eigenvalue weighted by Crippen LogP contribution is 2.21. The van der Waals surface area contributed by atoms with Gasteiger partial charge in [-0.15, -0.1) is 0 Å². The maximum absolute atomic E-state index is 12.9. The number of pyridine rings is 2. The molecule has 3 aromatic rings. The molecular weight excluding hydrogens is 333 g/mol. The van der Waals surface area contributed by atoms with Crippen LogP contribution in [0.2, 0.25) is 5.15 Å². The van der Waals surface area contributed by atoms with Crippen LogP contribution in [-0.4, -0.2) is 15.9 Å². The lowest BCUT2D eigenvalue weighted by Gasteiger charge is -2.07. The second-order valence-corrected chi connectivity index (χ2v) is 5.13. The molecule has 1 aromatic carbocycles. The van der Waals surface area contributed by atoms with Crippen molar-refractivity contribution in [1.29, 1.82) is 0 Å². The minimum absolute atomic E-state index is 0.164. The molecule has 7 heteroatoms. The van der Waals surface area contributed by atoms with E-state index in [4.69, 9.17) is 16.3 Å². The third kappa shape index (κ3) is 4.05. The first kappa shape index (κ1) is 15.9. The first-order chi connectivity index (χ1) is 11.6. The smallest absolute Gasteiger partial charge is 0.274 e. The summed E-state index contributed by atoms with van der Waals surface area (Å²) >= 11 is 5.79. The Morgan fingerprint density at radius 1 is 1.12 bits per heavy atom. The molecule has 0 saturated carbocycles. The average molecular weight is 344 g/mol. The van der Waals surface area contributed by atoms with Gasteiger partial charge in [0.05, 0.1) is 0 Å². The number of halogens is 2.